The van der Waals surface area contributed by atoms with Crippen LogP contribution in [0.3, 0.4) is 0 Å². The Kier molecular flexibility index (Phi) is 6.32. The minimum absolute atomic E-state index is 0.0818. The third kappa shape index (κ3) is 4.55. The first-order valence-corrected chi connectivity index (χ1v) is 7.90. The minimum atomic E-state index is 0.0818. The summed E-state index contributed by atoms with van der Waals surface area (Å²) < 4.78 is 10.2. The number of phenolic OH excluding ortho intramolecular Hbond substituents is 2. The molecule has 0 aliphatic carbocycles. The molecule has 130 valence electrons. The third-order valence-corrected chi connectivity index (χ3v) is 4.11. The normalized spacial score (nSPS) is 12.0. The molecular weight excluding hydrogens is 308 g/mol. The fourth-order valence-electron chi connectivity index (χ4n) is 2.69. The van der Waals surface area contributed by atoms with Gasteiger partial charge in [0.05, 0.1) is 14.2 Å². The van der Waals surface area contributed by atoms with Crippen LogP contribution in [0.1, 0.15) is 17.5 Å². The van der Waals surface area contributed by atoms with Gasteiger partial charge in [-0.1, -0.05) is 12.1 Å². The minimum Gasteiger partial charge on any atom is -0.504 e. The molecule has 5 nitrogen and oxygen atoms in total. The maximum atomic E-state index is 9.65. The number of aryl methyl sites for hydroxylation is 1. The molecule has 0 aromatic heterocycles. The number of aliphatic hydroxyl groups excluding tert-OH is 1. The van der Waals surface area contributed by atoms with Crippen molar-refractivity contribution in [2.45, 2.75) is 19.3 Å². The lowest BCUT2D eigenvalue weighted by molar-refractivity contribution is 0.218. The van der Waals surface area contributed by atoms with Crippen molar-refractivity contribution in [1.82, 2.24) is 0 Å². The highest BCUT2D eigenvalue weighted by Gasteiger charge is 2.12. The lowest BCUT2D eigenvalue weighted by atomic mass is 9.93. The van der Waals surface area contributed by atoms with Gasteiger partial charge in [-0.05, 0) is 60.6 Å². The topological polar surface area (TPSA) is 79.2 Å². The van der Waals surface area contributed by atoms with Crippen LogP contribution in [0.2, 0.25) is 0 Å². The lowest BCUT2D eigenvalue weighted by Crippen LogP contribution is -2.11. The Morgan fingerprint density at radius 1 is 0.875 bits per heavy atom. The molecule has 0 unspecified atom stereocenters. The molecule has 0 saturated heterocycles. The van der Waals surface area contributed by atoms with E-state index in [1.54, 1.807) is 18.2 Å². The number of methoxy groups -OCH3 is 2. The highest BCUT2D eigenvalue weighted by atomic mass is 16.5. The number of phenols is 2. The van der Waals surface area contributed by atoms with Crippen molar-refractivity contribution < 1.29 is 24.8 Å². The number of aromatic hydroxyl groups is 2. The average molecular weight is 332 g/mol. The van der Waals surface area contributed by atoms with Gasteiger partial charge in [0.15, 0.2) is 23.0 Å². The van der Waals surface area contributed by atoms with Gasteiger partial charge in [0.25, 0.3) is 0 Å². The van der Waals surface area contributed by atoms with Crippen molar-refractivity contribution in [2.75, 3.05) is 20.8 Å². The molecule has 0 spiro atoms. The molecule has 1 atom stereocenters. The van der Waals surface area contributed by atoms with Crippen LogP contribution in [0.4, 0.5) is 0 Å². The van der Waals surface area contributed by atoms with E-state index in [-0.39, 0.29) is 24.0 Å². The van der Waals surface area contributed by atoms with E-state index in [2.05, 4.69) is 0 Å². The number of hydrogen-bond donors (Lipinski definition) is 3. The van der Waals surface area contributed by atoms with Crippen LogP contribution in [0.5, 0.6) is 23.0 Å². The molecule has 5 heteroatoms. The zero-order chi connectivity index (χ0) is 17.5. The Labute approximate surface area is 142 Å². The van der Waals surface area contributed by atoms with Crippen LogP contribution >= 0.6 is 0 Å². The first-order chi connectivity index (χ1) is 11.6. The fraction of sp³-hybridized carbons (Fsp3) is 0.368. The molecule has 2 aromatic rings. The van der Waals surface area contributed by atoms with Gasteiger partial charge in [-0.2, -0.15) is 0 Å². The van der Waals surface area contributed by atoms with E-state index in [9.17, 15) is 15.3 Å². The highest BCUT2D eigenvalue weighted by molar-refractivity contribution is 5.42. The summed E-state index contributed by atoms with van der Waals surface area (Å²) in [5.74, 6) is 1.22. The van der Waals surface area contributed by atoms with Crippen molar-refractivity contribution in [2.24, 2.45) is 5.92 Å². The molecule has 0 aliphatic heterocycles. The molecule has 24 heavy (non-hydrogen) atoms. The second kappa shape index (κ2) is 8.45. The Bertz CT molecular complexity index is 669. The molecule has 0 heterocycles. The first-order valence-electron chi connectivity index (χ1n) is 7.90. The second-order valence-electron chi connectivity index (χ2n) is 5.80. The number of rotatable bonds is 8. The van der Waals surface area contributed by atoms with E-state index < -0.39 is 0 Å². The molecule has 0 fully saturated rings. The summed E-state index contributed by atoms with van der Waals surface area (Å²) in [5.41, 5.74) is 2.05. The van der Waals surface area contributed by atoms with E-state index in [0.717, 1.165) is 24.0 Å². The largest absolute Gasteiger partial charge is 0.504 e. The van der Waals surface area contributed by atoms with Crippen molar-refractivity contribution >= 4 is 0 Å². The first kappa shape index (κ1) is 17.9. The molecule has 0 bridgehead atoms. The van der Waals surface area contributed by atoms with Gasteiger partial charge in [0.2, 0.25) is 0 Å². The highest BCUT2D eigenvalue weighted by Crippen LogP contribution is 2.29. The molecule has 2 aromatic carbocycles. The fourth-order valence-corrected chi connectivity index (χ4v) is 2.69. The summed E-state index contributed by atoms with van der Waals surface area (Å²) in [5, 5.41) is 28.9. The Hall–Kier alpha value is -2.40. The van der Waals surface area contributed by atoms with Gasteiger partial charge in [0, 0.05) is 6.61 Å². The van der Waals surface area contributed by atoms with E-state index >= 15 is 0 Å². The van der Waals surface area contributed by atoms with Crippen molar-refractivity contribution in [3.8, 4) is 23.0 Å². The molecule has 0 saturated carbocycles. The second-order valence-corrected chi connectivity index (χ2v) is 5.80. The molecule has 2 rings (SSSR count). The predicted molar refractivity (Wildman–Crippen MR) is 91.9 cm³/mol. The van der Waals surface area contributed by atoms with Gasteiger partial charge in [-0.3, -0.25) is 0 Å². The number of aliphatic hydroxyl groups is 1. The van der Waals surface area contributed by atoms with Crippen LogP contribution < -0.4 is 9.47 Å². The van der Waals surface area contributed by atoms with Crippen LogP contribution in [-0.4, -0.2) is 36.1 Å². The SMILES string of the molecule is COc1cc(CC[C@H](CO)Cc2ccc(O)c(OC)c2)ccc1O. The monoisotopic (exact) mass is 332 g/mol. The summed E-state index contributed by atoms with van der Waals surface area (Å²) in [6.45, 7) is 0.0818. The quantitative estimate of drug-likeness (QED) is 0.693. The van der Waals surface area contributed by atoms with Crippen LogP contribution in [0, 0.1) is 5.92 Å². The maximum absolute atomic E-state index is 9.65. The molecular formula is C19H24O5. The van der Waals surface area contributed by atoms with Gasteiger partial charge in [0.1, 0.15) is 0 Å². The Morgan fingerprint density at radius 3 is 1.96 bits per heavy atom. The zero-order valence-corrected chi connectivity index (χ0v) is 14.0. The maximum Gasteiger partial charge on any atom is 0.160 e. The molecule has 3 N–H and O–H groups in total. The van der Waals surface area contributed by atoms with Crippen LogP contribution in [-0.2, 0) is 12.8 Å². The number of benzene rings is 2. The van der Waals surface area contributed by atoms with E-state index in [0.29, 0.717) is 17.9 Å². The molecule has 0 aliphatic rings. The van der Waals surface area contributed by atoms with Crippen molar-refractivity contribution in [1.29, 1.82) is 0 Å². The predicted octanol–water partition coefficient (Wildman–Crippen LogP) is 2.90. The smallest absolute Gasteiger partial charge is 0.160 e. The Balaban J connectivity index is 1.99. The van der Waals surface area contributed by atoms with Crippen molar-refractivity contribution in [3.63, 3.8) is 0 Å². The average Bonchev–Trinajstić information content (AvgIpc) is 2.61. The van der Waals surface area contributed by atoms with Gasteiger partial charge < -0.3 is 24.8 Å². The zero-order valence-electron chi connectivity index (χ0n) is 14.0. The summed E-state index contributed by atoms with van der Waals surface area (Å²) in [6, 6.07) is 10.5. The van der Waals surface area contributed by atoms with Crippen molar-refractivity contribution in [3.05, 3.63) is 47.5 Å². The van der Waals surface area contributed by atoms with E-state index in [4.69, 9.17) is 9.47 Å². The van der Waals surface area contributed by atoms with Crippen LogP contribution in [0.15, 0.2) is 36.4 Å². The number of ether oxygens (including phenoxy) is 2. The number of hydrogen-bond acceptors (Lipinski definition) is 5. The van der Waals surface area contributed by atoms with E-state index in [1.807, 2.05) is 18.2 Å². The summed E-state index contributed by atoms with van der Waals surface area (Å²) in [4.78, 5) is 0. The lowest BCUT2D eigenvalue weighted by Gasteiger charge is -2.15. The molecule has 0 amide bonds. The summed E-state index contributed by atoms with van der Waals surface area (Å²) in [7, 11) is 3.04. The summed E-state index contributed by atoms with van der Waals surface area (Å²) in [6.07, 6.45) is 2.27. The molecule has 0 radical (unpaired) electrons. The standard InChI is InChI=1S/C19H24O5/c1-23-18-10-13(5-7-16(18)21)3-4-15(12-20)9-14-6-8-17(22)19(11-14)24-2/h5-8,10-11,15,20-22H,3-4,9,12H2,1-2H3/t15-/m0/s1. The Morgan fingerprint density at radius 2 is 1.42 bits per heavy atom. The van der Waals surface area contributed by atoms with Gasteiger partial charge >= 0.3 is 0 Å². The van der Waals surface area contributed by atoms with Gasteiger partial charge in [-0.15, -0.1) is 0 Å². The van der Waals surface area contributed by atoms with Gasteiger partial charge in [-0.25, -0.2) is 0 Å². The third-order valence-electron chi connectivity index (χ3n) is 4.11. The summed E-state index contributed by atoms with van der Waals surface area (Å²) >= 11 is 0. The van der Waals surface area contributed by atoms with E-state index in [1.165, 1.54) is 14.2 Å². The van der Waals surface area contributed by atoms with Crippen LogP contribution in [0.25, 0.3) is 0 Å².